The van der Waals surface area contributed by atoms with Crippen LogP contribution in [0.1, 0.15) is 24.5 Å². The van der Waals surface area contributed by atoms with Crippen LogP contribution in [0.15, 0.2) is 42.5 Å². The number of hydrogen-bond acceptors (Lipinski definition) is 1. The van der Waals surface area contributed by atoms with E-state index in [4.69, 9.17) is 23.2 Å². The maximum Gasteiger partial charge on any atom is 0.123 e. The Morgan fingerprint density at radius 2 is 1.85 bits per heavy atom. The van der Waals surface area contributed by atoms with E-state index in [0.717, 1.165) is 5.56 Å². The van der Waals surface area contributed by atoms with E-state index >= 15 is 0 Å². The SMILES string of the molecule is CCC(O)(Cc1cccc(Cl)c1Cl)c1cccc(F)c1. The lowest BCUT2D eigenvalue weighted by Crippen LogP contribution is -2.28. The fraction of sp³-hybridized carbons (Fsp3) is 0.250. The molecule has 20 heavy (non-hydrogen) atoms. The molecule has 4 heteroatoms. The van der Waals surface area contributed by atoms with Gasteiger partial charge in [0.15, 0.2) is 0 Å². The lowest BCUT2D eigenvalue weighted by atomic mass is 9.85. The number of aliphatic hydroxyl groups is 1. The Kier molecular flexibility index (Phi) is 4.69. The van der Waals surface area contributed by atoms with E-state index in [0.29, 0.717) is 22.0 Å². The first kappa shape index (κ1) is 15.3. The van der Waals surface area contributed by atoms with Crippen molar-refractivity contribution in [2.24, 2.45) is 0 Å². The van der Waals surface area contributed by atoms with E-state index in [-0.39, 0.29) is 12.2 Å². The Bertz CT molecular complexity index is 615. The second-order valence-electron chi connectivity index (χ2n) is 4.79. The monoisotopic (exact) mass is 312 g/mol. The van der Waals surface area contributed by atoms with Crippen molar-refractivity contribution in [3.63, 3.8) is 0 Å². The van der Waals surface area contributed by atoms with Crippen molar-refractivity contribution in [1.82, 2.24) is 0 Å². The van der Waals surface area contributed by atoms with Gasteiger partial charge >= 0.3 is 0 Å². The summed E-state index contributed by atoms with van der Waals surface area (Å²) in [5, 5.41) is 11.7. The molecule has 1 unspecified atom stereocenters. The molecule has 0 fully saturated rings. The van der Waals surface area contributed by atoms with Gasteiger partial charge in [0.1, 0.15) is 5.82 Å². The molecule has 1 nitrogen and oxygen atoms in total. The summed E-state index contributed by atoms with van der Waals surface area (Å²) in [4.78, 5) is 0. The molecule has 2 aromatic carbocycles. The van der Waals surface area contributed by atoms with E-state index < -0.39 is 5.60 Å². The highest BCUT2D eigenvalue weighted by Gasteiger charge is 2.29. The average molecular weight is 313 g/mol. The minimum absolute atomic E-state index is 0.284. The second-order valence-corrected chi connectivity index (χ2v) is 5.57. The molecule has 0 amide bonds. The fourth-order valence-electron chi connectivity index (χ4n) is 2.21. The molecule has 0 aliphatic rings. The summed E-state index contributed by atoms with van der Waals surface area (Å²) in [5.74, 6) is -0.369. The zero-order valence-electron chi connectivity index (χ0n) is 11.0. The Balaban J connectivity index is 2.39. The molecule has 0 heterocycles. The topological polar surface area (TPSA) is 20.2 Å². The van der Waals surface area contributed by atoms with Gasteiger partial charge in [0.2, 0.25) is 0 Å². The van der Waals surface area contributed by atoms with E-state index in [9.17, 15) is 9.50 Å². The quantitative estimate of drug-likeness (QED) is 0.844. The molecule has 0 spiro atoms. The third-order valence-corrected chi connectivity index (χ3v) is 4.32. The molecule has 1 N–H and O–H groups in total. The third kappa shape index (κ3) is 3.14. The van der Waals surface area contributed by atoms with Gasteiger partial charge in [-0.1, -0.05) is 54.4 Å². The summed E-state index contributed by atoms with van der Waals surface area (Å²) < 4.78 is 13.4. The molecule has 2 rings (SSSR count). The van der Waals surface area contributed by atoms with Crippen LogP contribution in [0.2, 0.25) is 10.0 Å². The molecule has 0 saturated carbocycles. The van der Waals surface area contributed by atoms with E-state index in [1.54, 1.807) is 24.3 Å². The van der Waals surface area contributed by atoms with Crippen molar-refractivity contribution in [3.8, 4) is 0 Å². The molecular formula is C16H15Cl2FO. The smallest absolute Gasteiger partial charge is 0.123 e. The van der Waals surface area contributed by atoms with E-state index in [1.165, 1.54) is 12.1 Å². The molecule has 106 valence electrons. The minimum Gasteiger partial charge on any atom is -0.385 e. The molecular weight excluding hydrogens is 298 g/mol. The maximum atomic E-state index is 13.4. The van der Waals surface area contributed by atoms with Gasteiger partial charge in [-0.05, 0) is 35.7 Å². The van der Waals surface area contributed by atoms with Crippen LogP contribution in [-0.2, 0) is 12.0 Å². The van der Waals surface area contributed by atoms with Gasteiger partial charge in [-0.3, -0.25) is 0 Å². The third-order valence-electron chi connectivity index (χ3n) is 3.46. The number of halogens is 3. The highest BCUT2D eigenvalue weighted by molar-refractivity contribution is 6.42. The van der Waals surface area contributed by atoms with Crippen LogP contribution < -0.4 is 0 Å². The molecule has 1 atom stereocenters. The second kappa shape index (κ2) is 6.13. The summed E-state index contributed by atoms with van der Waals surface area (Å²) in [5.41, 5.74) is 0.111. The molecule has 0 aliphatic heterocycles. The zero-order valence-corrected chi connectivity index (χ0v) is 12.5. The fourth-order valence-corrected chi connectivity index (χ4v) is 2.60. The zero-order chi connectivity index (χ0) is 14.8. The van der Waals surface area contributed by atoms with Crippen LogP contribution >= 0.6 is 23.2 Å². The Morgan fingerprint density at radius 3 is 2.50 bits per heavy atom. The van der Waals surface area contributed by atoms with Crippen LogP contribution in [0, 0.1) is 5.82 Å². The normalized spacial score (nSPS) is 14.1. The van der Waals surface area contributed by atoms with Crippen LogP contribution in [0.3, 0.4) is 0 Å². The highest BCUT2D eigenvalue weighted by atomic mass is 35.5. The van der Waals surface area contributed by atoms with Gasteiger partial charge in [0.05, 0.1) is 15.6 Å². The summed E-state index contributed by atoms with van der Waals surface area (Å²) in [7, 11) is 0. The predicted octanol–water partition coefficient (Wildman–Crippen LogP) is 4.97. The summed E-state index contributed by atoms with van der Waals surface area (Å²) in [6.45, 7) is 1.85. The first-order valence-electron chi connectivity index (χ1n) is 6.37. The molecule has 0 aromatic heterocycles. The number of benzene rings is 2. The van der Waals surface area contributed by atoms with Crippen LogP contribution in [-0.4, -0.2) is 5.11 Å². The van der Waals surface area contributed by atoms with Gasteiger partial charge in [0.25, 0.3) is 0 Å². The van der Waals surface area contributed by atoms with Crippen molar-refractivity contribution in [2.75, 3.05) is 0 Å². The van der Waals surface area contributed by atoms with Crippen LogP contribution in [0.25, 0.3) is 0 Å². The van der Waals surface area contributed by atoms with Crippen molar-refractivity contribution in [3.05, 3.63) is 69.5 Å². The van der Waals surface area contributed by atoms with Gasteiger partial charge in [-0.2, -0.15) is 0 Å². The van der Waals surface area contributed by atoms with Crippen molar-refractivity contribution >= 4 is 23.2 Å². The molecule has 0 aliphatic carbocycles. The molecule has 0 bridgehead atoms. The Hall–Kier alpha value is -1.09. The minimum atomic E-state index is -1.17. The summed E-state index contributed by atoms with van der Waals surface area (Å²) >= 11 is 12.1. The first-order valence-corrected chi connectivity index (χ1v) is 7.13. The van der Waals surface area contributed by atoms with Gasteiger partial charge in [-0.15, -0.1) is 0 Å². The Morgan fingerprint density at radius 1 is 1.15 bits per heavy atom. The highest BCUT2D eigenvalue weighted by Crippen LogP contribution is 2.34. The number of rotatable bonds is 4. The first-order chi connectivity index (χ1) is 9.46. The maximum absolute atomic E-state index is 13.4. The lowest BCUT2D eigenvalue weighted by molar-refractivity contribution is 0.0324. The van der Waals surface area contributed by atoms with Crippen LogP contribution in [0.4, 0.5) is 4.39 Å². The van der Waals surface area contributed by atoms with Crippen molar-refractivity contribution in [1.29, 1.82) is 0 Å². The predicted molar refractivity (Wildman–Crippen MR) is 80.8 cm³/mol. The van der Waals surface area contributed by atoms with E-state index in [2.05, 4.69) is 0 Å². The van der Waals surface area contributed by atoms with Gasteiger partial charge in [0, 0.05) is 6.42 Å². The van der Waals surface area contributed by atoms with Crippen LogP contribution in [0.5, 0.6) is 0 Å². The number of hydrogen-bond donors (Lipinski definition) is 1. The molecule has 0 radical (unpaired) electrons. The lowest BCUT2D eigenvalue weighted by Gasteiger charge is -2.28. The van der Waals surface area contributed by atoms with E-state index in [1.807, 2.05) is 13.0 Å². The summed E-state index contributed by atoms with van der Waals surface area (Å²) in [6.07, 6.45) is 0.728. The van der Waals surface area contributed by atoms with Crippen molar-refractivity contribution < 1.29 is 9.50 Å². The Labute approximate surface area is 128 Å². The summed E-state index contributed by atoms with van der Waals surface area (Å²) in [6, 6.07) is 11.3. The largest absolute Gasteiger partial charge is 0.385 e. The molecule has 2 aromatic rings. The van der Waals surface area contributed by atoms with Gasteiger partial charge < -0.3 is 5.11 Å². The average Bonchev–Trinajstić information content (AvgIpc) is 2.44. The van der Waals surface area contributed by atoms with Crippen molar-refractivity contribution in [2.45, 2.75) is 25.4 Å². The van der Waals surface area contributed by atoms with Gasteiger partial charge in [-0.25, -0.2) is 4.39 Å². The molecule has 0 saturated heterocycles. The standard InChI is InChI=1S/C16H15Cl2FO/c1-2-16(20,12-6-4-7-13(19)9-12)10-11-5-3-8-14(17)15(11)18/h3-9,20H,2,10H2,1H3.